The number of carboxylic acid groups (broad SMARTS) is 1. The molecule has 2 atom stereocenters. The molecule has 1 aromatic carbocycles. The molecule has 2 rings (SSSR count). The maximum Gasteiger partial charge on any atom is 0.407 e. The fourth-order valence-electron chi connectivity index (χ4n) is 2.95. The van der Waals surface area contributed by atoms with Gasteiger partial charge >= 0.3 is 6.09 Å². The van der Waals surface area contributed by atoms with Gasteiger partial charge in [-0.2, -0.15) is 0 Å². The molecule has 4 nitrogen and oxygen atoms in total. The summed E-state index contributed by atoms with van der Waals surface area (Å²) >= 11 is 0. The highest BCUT2D eigenvalue weighted by Gasteiger charge is 2.33. The standard InChI is InChI=1S/C15H20F2N2O2/c1-10-8-11(17)2-3-13(10)14-9-12(18-6-5-16)4-7-19(14)15(20)21/h2-3,8,12,14,18H,4-7,9H2,1H3,(H,20,21)/t12-,14-/m1/s1. The summed E-state index contributed by atoms with van der Waals surface area (Å²) in [6, 6.07) is 4.15. The molecule has 0 bridgehead atoms. The predicted octanol–water partition coefficient (Wildman–Crippen LogP) is 2.88. The van der Waals surface area contributed by atoms with Gasteiger partial charge in [0.15, 0.2) is 0 Å². The normalized spacial score (nSPS) is 22.3. The van der Waals surface area contributed by atoms with Crippen LogP contribution in [0.3, 0.4) is 0 Å². The molecule has 1 aromatic rings. The Morgan fingerprint density at radius 2 is 2.29 bits per heavy atom. The first kappa shape index (κ1) is 15.7. The third-order valence-electron chi connectivity index (χ3n) is 3.97. The first-order valence-corrected chi connectivity index (χ1v) is 7.08. The van der Waals surface area contributed by atoms with E-state index in [-0.39, 0.29) is 24.4 Å². The average molecular weight is 298 g/mol. The van der Waals surface area contributed by atoms with Crippen LogP contribution in [0, 0.1) is 12.7 Å². The summed E-state index contributed by atoms with van der Waals surface area (Å²) in [5, 5.41) is 12.4. The van der Waals surface area contributed by atoms with Gasteiger partial charge in [-0.15, -0.1) is 0 Å². The molecule has 21 heavy (non-hydrogen) atoms. The molecule has 6 heteroatoms. The number of aryl methyl sites for hydroxylation is 1. The monoisotopic (exact) mass is 298 g/mol. The van der Waals surface area contributed by atoms with Gasteiger partial charge in [0.2, 0.25) is 0 Å². The molecule has 1 aliphatic heterocycles. The lowest BCUT2D eigenvalue weighted by Gasteiger charge is -2.39. The largest absolute Gasteiger partial charge is 0.465 e. The zero-order chi connectivity index (χ0) is 15.4. The summed E-state index contributed by atoms with van der Waals surface area (Å²) in [6.45, 7) is 1.99. The van der Waals surface area contributed by atoms with E-state index >= 15 is 0 Å². The zero-order valence-corrected chi connectivity index (χ0v) is 12.0. The molecule has 1 fully saturated rings. The third-order valence-corrected chi connectivity index (χ3v) is 3.97. The van der Waals surface area contributed by atoms with Gasteiger partial charge in [-0.3, -0.25) is 0 Å². The molecule has 0 radical (unpaired) electrons. The smallest absolute Gasteiger partial charge is 0.407 e. The number of rotatable bonds is 4. The highest BCUT2D eigenvalue weighted by Crippen LogP contribution is 2.33. The van der Waals surface area contributed by atoms with Crippen LogP contribution in [0.15, 0.2) is 18.2 Å². The lowest BCUT2D eigenvalue weighted by atomic mass is 9.89. The lowest BCUT2D eigenvalue weighted by Crippen LogP contribution is -2.46. The number of hydrogen-bond donors (Lipinski definition) is 2. The van der Waals surface area contributed by atoms with E-state index in [1.54, 1.807) is 13.0 Å². The number of carbonyl (C=O) groups is 1. The second kappa shape index (κ2) is 6.85. The number of alkyl halides is 1. The molecular formula is C15H20F2N2O2. The Bertz CT molecular complexity index is 510. The quantitative estimate of drug-likeness (QED) is 0.898. The number of halogens is 2. The van der Waals surface area contributed by atoms with E-state index in [1.165, 1.54) is 17.0 Å². The van der Waals surface area contributed by atoms with Gasteiger partial charge in [0.05, 0.1) is 6.04 Å². The van der Waals surface area contributed by atoms with Crippen molar-refractivity contribution in [3.63, 3.8) is 0 Å². The Kier molecular flexibility index (Phi) is 5.12. The second-order valence-corrected chi connectivity index (χ2v) is 5.36. The van der Waals surface area contributed by atoms with E-state index in [2.05, 4.69) is 5.32 Å². The fourth-order valence-corrected chi connectivity index (χ4v) is 2.95. The van der Waals surface area contributed by atoms with E-state index in [9.17, 15) is 18.7 Å². The Hall–Kier alpha value is -1.69. The molecule has 1 amide bonds. The van der Waals surface area contributed by atoms with Gasteiger partial charge in [-0.1, -0.05) is 6.07 Å². The zero-order valence-electron chi connectivity index (χ0n) is 12.0. The van der Waals surface area contributed by atoms with Crippen molar-refractivity contribution in [1.29, 1.82) is 0 Å². The Morgan fingerprint density at radius 3 is 2.90 bits per heavy atom. The van der Waals surface area contributed by atoms with Crippen LogP contribution in [0.5, 0.6) is 0 Å². The molecule has 0 aliphatic carbocycles. The molecule has 1 heterocycles. The SMILES string of the molecule is Cc1cc(F)ccc1[C@H]1C[C@H](NCCF)CCN1C(=O)O. The molecule has 1 saturated heterocycles. The van der Waals surface area contributed by atoms with Crippen molar-refractivity contribution in [1.82, 2.24) is 10.2 Å². The summed E-state index contributed by atoms with van der Waals surface area (Å²) < 4.78 is 25.5. The first-order valence-electron chi connectivity index (χ1n) is 7.08. The summed E-state index contributed by atoms with van der Waals surface area (Å²) in [6.07, 6.45) is 0.245. The summed E-state index contributed by atoms with van der Waals surface area (Å²) in [5.41, 5.74) is 1.54. The average Bonchev–Trinajstić information content (AvgIpc) is 2.44. The summed E-state index contributed by atoms with van der Waals surface area (Å²) in [4.78, 5) is 12.8. The number of piperidine rings is 1. The molecule has 2 N–H and O–H groups in total. The van der Waals surface area contributed by atoms with E-state index in [0.717, 1.165) is 11.1 Å². The van der Waals surface area contributed by atoms with Crippen molar-refractivity contribution in [2.75, 3.05) is 19.8 Å². The number of likely N-dealkylation sites (tertiary alicyclic amines) is 1. The maximum absolute atomic E-state index is 13.2. The second-order valence-electron chi connectivity index (χ2n) is 5.36. The minimum absolute atomic E-state index is 0.0748. The van der Waals surface area contributed by atoms with Gasteiger partial charge in [0.1, 0.15) is 12.5 Å². The predicted molar refractivity (Wildman–Crippen MR) is 75.6 cm³/mol. The van der Waals surface area contributed by atoms with Crippen molar-refractivity contribution >= 4 is 6.09 Å². The molecule has 0 unspecified atom stereocenters. The van der Waals surface area contributed by atoms with Crippen molar-refractivity contribution in [3.8, 4) is 0 Å². The molecule has 0 spiro atoms. The number of nitrogens with one attached hydrogen (secondary N) is 1. The van der Waals surface area contributed by atoms with Crippen molar-refractivity contribution in [2.45, 2.75) is 31.8 Å². The van der Waals surface area contributed by atoms with Crippen LogP contribution in [0.1, 0.15) is 30.0 Å². The fraction of sp³-hybridized carbons (Fsp3) is 0.533. The number of hydrogen-bond acceptors (Lipinski definition) is 2. The van der Waals surface area contributed by atoms with E-state index in [0.29, 0.717) is 19.4 Å². The minimum Gasteiger partial charge on any atom is -0.465 e. The van der Waals surface area contributed by atoms with Crippen molar-refractivity contribution < 1.29 is 18.7 Å². The number of nitrogens with zero attached hydrogens (tertiary/aromatic N) is 1. The third kappa shape index (κ3) is 3.69. The van der Waals surface area contributed by atoms with Crippen LogP contribution < -0.4 is 5.32 Å². The molecular weight excluding hydrogens is 278 g/mol. The molecule has 0 aromatic heterocycles. The molecule has 1 aliphatic rings. The highest BCUT2D eigenvalue weighted by molar-refractivity contribution is 5.66. The Balaban J connectivity index is 2.23. The van der Waals surface area contributed by atoms with Crippen molar-refractivity contribution in [2.24, 2.45) is 0 Å². The summed E-state index contributed by atoms with van der Waals surface area (Å²) in [7, 11) is 0. The maximum atomic E-state index is 13.2. The molecule has 0 saturated carbocycles. The van der Waals surface area contributed by atoms with Gasteiger partial charge in [0, 0.05) is 19.1 Å². The van der Waals surface area contributed by atoms with Crippen LogP contribution in [-0.2, 0) is 0 Å². The van der Waals surface area contributed by atoms with Crippen LogP contribution in [0.4, 0.5) is 13.6 Å². The van der Waals surface area contributed by atoms with Gasteiger partial charge in [0.25, 0.3) is 0 Å². The Morgan fingerprint density at radius 1 is 1.52 bits per heavy atom. The summed E-state index contributed by atoms with van der Waals surface area (Å²) in [5.74, 6) is -0.332. The van der Waals surface area contributed by atoms with Crippen LogP contribution in [0.2, 0.25) is 0 Å². The van der Waals surface area contributed by atoms with Crippen LogP contribution >= 0.6 is 0 Å². The van der Waals surface area contributed by atoms with Crippen molar-refractivity contribution in [3.05, 3.63) is 35.1 Å². The van der Waals surface area contributed by atoms with E-state index < -0.39 is 12.8 Å². The van der Waals surface area contributed by atoms with Crippen LogP contribution in [0.25, 0.3) is 0 Å². The van der Waals surface area contributed by atoms with Gasteiger partial charge in [-0.05, 0) is 43.0 Å². The highest BCUT2D eigenvalue weighted by atomic mass is 19.1. The topological polar surface area (TPSA) is 52.6 Å². The number of amides is 1. The minimum atomic E-state index is -0.979. The van der Waals surface area contributed by atoms with Gasteiger partial charge < -0.3 is 15.3 Å². The molecule has 116 valence electrons. The Labute approximate surface area is 122 Å². The van der Waals surface area contributed by atoms with Gasteiger partial charge in [-0.25, -0.2) is 13.6 Å². The van der Waals surface area contributed by atoms with Crippen LogP contribution in [-0.4, -0.2) is 41.9 Å². The number of benzene rings is 1. The first-order chi connectivity index (χ1) is 10.0. The lowest BCUT2D eigenvalue weighted by molar-refractivity contribution is 0.0958. The van der Waals surface area contributed by atoms with E-state index in [1.807, 2.05) is 0 Å². The van der Waals surface area contributed by atoms with E-state index in [4.69, 9.17) is 0 Å².